The second-order valence-corrected chi connectivity index (χ2v) is 4.74. The summed E-state index contributed by atoms with van der Waals surface area (Å²) >= 11 is 0. The van der Waals surface area contributed by atoms with Gasteiger partial charge in [0.15, 0.2) is 11.6 Å². The van der Waals surface area contributed by atoms with Crippen LogP contribution in [0.2, 0.25) is 0 Å². The van der Waals surface area contributed by atoms with Crippen LogP contribution in [0.15, 0.2) is 18.2 Å². The Kier molecular flexibility index (Phi) is 4.53. The van der Waals surface area contributed by atoms with Crippen molar-refractivity contribution in [3.63, 3.8) is 0 Å². The van der Waals surface area contributed by atoms with Crippen LogP contribution in [0, 0.1) is 11.7 Å². The molecular weight excluding hydrogens is 236 g/mol. The molecule has 1 aliphatic heterocycles. The summed E-state index contributed by atoms with van der Waals surface area (Å²) in [6.45, 7) is 1.71. The minimum atomic E-state index is -0.978. The van der Waals surface area contributed by atoms with Crippen LogP contribution in [0.3, 0.4) is 0 Å². The molecule has 0 bridgehead atoms. The van der Waals surface area contributed by atoms with E-state index in [0.29, 0.717) is 5.56 Å². The number of alkyl halides is 1. The van der Waals surface area contributed by atoms with Crippen molar-refractivity contribution in [2.45, 2.75) is 25.4 Å². The number of rotatable bonds is 4. The Morgan fingerprint density at radius 2 is 2.11 bits per heavy atom. The molecule has 1 heterocycles. The highest BCUT2D eigenvalue weighted by Gasteiger charge is 2.24. The van der Waals surface area contributed by atoms with Crippen LogP contribution < -0.4 is 10.1 Å². The van der Waals surface area contributed by atoms with Gasteiger partial charge < -0.3 is 10.1 Å². The van der Waals surface area contributed by atoms with Gasteiger partial charge in [0.2, 0.25) is 0 Å². The number of methoxy groups -OCH3 is 1. The molecule has 1 atom stereocenters. The van der Waals surface area contributed by atoms with Gasteiger partial charge in [0.1, 0.15) is 6.17 Å². The first-order valence-corrected chi connectivity index (χ1v) is 6.38. The summed E-state index contributed by atoms with van der Waals surface area (Å²) in [5, 5.41) is 3.20. The molecule has 4 heteroatoms. The minimum absolute atomic E-state index is 0.0388. The van der Waals surface area contributed by atoms with E-state index < -0.39 is 12.0 Å². The van der Waals surface area contributed by atoms with Crippen molar-refractivity contribution >= 4 is 0 Å². The topological polar surface area (TPSA) is 21.3 Å². The molecule has 0 aliphatic carbocycles. The van der Waals surface area contributed by atoms with Crippen molar-refractivity contribution in [1.29, 1.82) is 0 Å². The molecule has 1 saturated heterocycles. The van der Waals surface area contributed by atoms with Gasteiger partial charge in [-0.1, -0.05) is 12.1 Å². The summed E-state index contributed by atoms with van der Waals surface area (Å²) < 4.78 is 33.0. The summed E-state index contributed by atoms with van der Waals surface area (Å²) in [5.41, 5.74) is 0.403. The quantitative estimate of drug-likeness (QED) is 0.893. The fourth-order valence-corrected chi connectivity index (χ4v) is 2.45. The maximum atomic E-state index is 14.2. The SMILES string of the molecule is COc1cccc(CC(F)C2CCNCC2)c1F. The molecule has 0 radical (unpaired) electrons. The van der Waals surface area contributed by atoms with Gasteiger partial charge in [-0.25, -0.2) is 8.78 Å². The standard InChI is InChI=1S/C14H19F2NO/c1-18-13-4-2-3-11(14(13)16)9-12(15)10-5-7-17-8-6-10/h2-4,10,12,17H,5-9H2,1H3. The normalized spacial score (nSPS) is 18.6. The second kappa shape index (κ2) is 6.14. The van der Waals surface area contributed by atoms with Crippen LogP contribution in [-0.4, -0.2) is 26.4 Å². The van der Waals surface area contributed by atoms with E-state index in [1.54, 1.807) is 18.2 Å². The van der Waals surface area contributed by atoms with Crippen molar-refractivity contribution in [1.82, 2.24) is 5.32 Å². The van der Waals surface area contributed by atoms with Gasteiger partial charge in [-0.3, -0.25) is 0 Å². The van der Waals surface area contributed by atoms with E-state index in [0.717, 1.165) is 25.9 Å². The van der Waals surface area contributed by atoms with Gasteiger partial charge in [0.25, 0.3) is 0 Å². The summed E-state index contributed by atoms with van der Waals surface area (Å²) in [7, 11) is 1.42. The first-order valence-electron chi connectivity index (χ1n) is 6.38. The van der Waals surface area contributed by atoms with Crippen LogP contribution >= 0.6 is 0 Å². The third kappa shape index (κ3) is 2.99. The zero-order valence-electron chi connectivity index (χ0n) is 10.6. The molecule has 0 amide bonds. The van der Waals surface area contributed by atoms with E-state index in [-0.39, 0.29) is 18.1 Å². The zero-order valence-corrected chi connectivity index (χ0v) is 10.6. The fourth-order valence-electron chi connectivity index (χ4n) is 2.45. The van der Waals surface area contributed by atoms with Crippen LogP contribution in [-0.2, 0) is 6.42 Å². The van der Waals surface area contributed by atoms with Crippen molar-refractivity contribution in [2.24, 2.45) is 5.92 Å². The highest BCUT2D eigenvalue weighted by atomic mass is 19.1. The molecule has 1 N–H and O–H groups in total. The van der Waals surface area contributed by atoms with Crippen LogP contribution in [0.5, 0.6) is 5.75 Å². The van der Waals surface area contributed by atoms with Crippen molar-refractivity contribution in [2.75, 3.05) is 20.2 Å². The molecule has 1 aliphatic rings. The summed E-state index contributed by atoms with van der Waals surface area (Å²) in [6, 6.07) is 4.88. The monoisotopic (exact) mass is 255 g/mol. The first-order chi connectivity index (χ1) is 8.72. The highest BCUT2D eigenvalue weighted by molar-refractivity contribution is 5.31. The Hall–Kier alpha value is -1.16. The first kappa shape index (κ1) is 13.3. The molecule has 18 heavy (non-hydrogen) atoms. The molecule has 0 saturated carbocycles. The molecule has 0 aromatic heterocycles. The Morgan fingerprint density at radius 3 is 2.78 bits per heavy atom. The molecular formula is C14H19F2NO. The van der Waals surface area contributed by atoms with E-state index in [1.165, 1.54) is 7.11 Å². The number of hydrogen-bond donors (Lipinski definition) is 1. The van der Waals surface area contributed by atoms with Crippen LogP contribution in [0.1, 0.15) is 18.4 Å². The fraction of sp³-hybridized carbons (Fsp3) is 0.571. The average Bonchev–Trinajstić information content (AvgIpc) is 2.42. The Bertz CT molecular complexity index is 391. The maximum absolute atomic E-state index is 14.2. The molecule has 1 aromatic carbocycles. The van der Waals surface area contributed by atoms with Gasteiger partial charge in [0, 0.05) is 6.42 Å². The Labute approximate surface area is 106 Å². The van der Waals surface area contributed by atoms with Crippen molar-refractivity contribution in [3.8, 4) is 5.75 Å². The predicted molar refractivity (Wildman–Crippen MR) is 67.1 cm³/mol. The number of piperidine rings is 1. The molecule has 1 unspecified atom stereocenters. The lowest BCUT2D eigenvalue weighted by Gasteiger charge is -2.26. The second-order valence-electron chi connectivity index (χ2n) is 4.74. The van der Waals surface area contributed by atoms with Crippen LogP contribution in [0.25, 0.3) is 0 Å². The lowest BCUT2D eigenvalue weighted by Crippen LogP contribution is -2.33. The highest BCUT2D eigenvalue weighted by Crippen LogP contribution is 2.26. The number of benzene rings is 1. The Balaban J connectivity index is 2.04. The van der Waals surface area contributed by atoms with Gasteiger partial charge in [-0.05, 0) is 43.5 Å². The zero-order chi connectivity index (χ0) is 13.0. The summed E-state index contributed by atoms with van der Waals surface area (Å²) in [5.74, 6) is -0.210. The Morgan fingerprint density at radius 1 is 1.39 bits per heavy atom. The van der Waals surface area contributed by atoms with Crippen molar-refractivity contribution in [3.05, 3.63) is 29.6 Å². The smallest absolute Gasteiger partial charge is 0.168 e. The number of ether oxygens (including phenoxy) is 1. The van der Waals surface area contributed by atoms with E-state index in [1.807, 2.05) is 0 Å². The maximum Gasteiger partial charge on any atom is 0.168 e. The van der Waals surface area contributed by atoms with E-state index in [2.05, 4.69) is 5.32 Å². The molecule has 2 rings (SSSR count). The third-order valence-electron chi connectivity index (χ3n) is 3.57. The molecule has 1 fully saturated rings. The van der Waals surface area contributed by atoms with Crippen LogP contribution in [0.4, 0.5) is 8.78 Å². The van der Waals surface area contributed by atoms with Gasteiger partial charge >= 0.3 is 0 Å². The van der Waals surface area contributed by atoms with Gasteiger partial charge in [-0.2, -0.15) is 0 Å². The van der Waals surface area contributed by atoms with Crippen molar-refractivity contribution < 1.29 is 13.5 Å². The predicted octanol–water partition coefficient (Wildman–Crippen LogP) is 2.71. The minimum Gasteiger partial charge on any atom is -0.494 e. The molecule has 1 aromatic rings. The average molecular weight is 255 g/mol. The third-order valence-corrected chi connectivity index (χ3v) is 3.57. The van der Waals surface area contributed by atoms with E-state index in [9.17, 15) is 8.78 Å². The number of halogens is 2. The number of hydrogen-bond acceptors (Lipinski definition) is 2. The summed E-state index contributed by atoms with van der Waals surface area (Å²) in [6.07, 6.45) is 0.807. The lowest BCUT2D eigenvalue weighted by atomic mass is 9.89. The lowest BCUT2D eigenvalue weighted by molar-refractivity contribution is 0.185. The largest absolute Gasteiger partial charge is 0.494 e. The number of nitrogens with one attached hydrogen (secondary N) is 1. The van der Waals surface area contributed by atoms with Gasteiger partial charge in [-0.15, -0.1) is 0 Å². The molecule has 0 spiro atoms. The van der Waals surface area contributed by atoms with Gasteiger partial charge in [0.05, 0.1) is 7.11 Å². The summed E-state index contributed by atoms with van der Waals surface area (Å²) in [4.78, 5) is 0. The van der Waals surface area contributed by atoms with E-state index >= 15 is 0 Å². The molecule has 2 nitrogen and oxygen atoms in total. The van der Waals surface area contributed by atoms with E-state index in [4.69, 9.17) is 4.74 Å². The molecule has 100 valence electrons.